The van der Waals surface area contributed by atoms with Crippen molar-refractivity contribution >= 4 is 59.7 Å². The van der Waals surface area contributed by atoms with Gasteiger partial charge in [-0.1, -0.05) is 113 Å². The standard InChI is InChI=1S/C42H26BrNO/c43-32-23-30(22-31(24-32)29-19-21-42-37(26-29)35-14-6-9-17-41(35)45-42)28-18-20-40-36(25-28)34-13-5-8-16-39(34)44(40)38-15-7-4-12-33(38)27-10-2-1-3-11-27/h1-26H. The van der Waals surface area contributed by atoms with Gasteiger partial charge in [0.1, 0.15) is 11.2 Å². The molecule has 0 saturated carbocycles. The number of rotatable bonds is 4. The molecule has 0 atom stereocenters. The Balaban J connectivity index is 1.21. The maximum atomic E-state index is 6.09. The summed E-state index contributed by atoms with van der Waals surface area (Å²) in [6.07, 6.45) is 0. The highest BCUT2D eigenvalue weighted by atomic mass is 79.9. The molecule has 0 aliphatic heterocycles. The average molecular weight is 641 g/mol. The smallest absolute Gasteiger partial charge is 0.135 e. The molecule has 0 unspecified atom stereocenters. The molecule has 7 aromatic carbocycles. The molecule has 0 bridgehead atoms. The molecular formula is C42H26BrNO. The maximum absolute atomic E-state index is 6.09. The molecule has 0 aliphatic carbocycles. The van der Waals surface area contributed by atoms with Crippen molar-refractivity contribution in [2.24, 2.45) is 0 Å². The van der Waals surface area contributed by atoms with Gasteiger partial charge in [-0.2, -0.15) is 0 Å². The SMILES string of the molecule is Brc1cc(-c2ccc3oc4ccccc4c3c2)cc(-c2ccc3c(c2)c2ccccc2n3-c2ccccc2-c2ccccc2)c1. The van der Waals surface area contributed by atoms with Gasteiger partial charge in [0.25, 0.3) is 0 Å². The van der Waals surface area contributed by atoms with Crippen molar-refractivity contribution in [2.45, 2.75) is 0 Å². The minimum absolute atomic E-state index is 0.908. The predicted molar refractivity (Wildman–Crippen MR) is 192 cm³/mol. The van der Waals surface area contributed by atoms with Crippen LogP contribution in [0.4, 0.5) is 0 Å². The van der Waals surface area contributed by atoms with Crippen LogP contribution in [0.5, 0.6) is 0 Å². The number of nitrogens with zero attached hydrogens (tertiary/aromatic N) is 1. The third-order valence-corrected chi connectivity index (χ3v) is 9.30. The van der Waals surface area contributed by atoms with E-state index in [-0.39, 0.29) is 0 Å². The number of furan rings is 1. The zero-order valence-electron chi connectivity index (χ0n) is 24.2. The number of aromatic nitrogens is 1. The first-order chi connectivity index (χ1) is 22.2. The molecule has 0 amide bonds. The summed E-state index contributed by atoms with van der Waals surface area (Å²) in [7, 11) is 0. The van der Waals surface area contributed by atoms with Crippen molar-refractivity contribution in [2.75, 3.05) is 0 Å². The molecule has 45 heavy (non-hydrogen) atoms. The maximum Gasteiger partial charge on any atom is 0.135 e. The molecule has 2 aromatic heterocycles. The normalized spacial score (nSPS) is 11.7. The van der Waals surface area contributed by atoms with E-state index in [4.69, 9.17) is 4.42 Å². The molecule has 0 N–H and O–H groups in total. The second-order valence-electron chi connectivity index (χ2n) is 11.5. The number of benzene rings is 7. The van der Waals surface area contributed by atoms with Crippen LogP contribution in [0.3, 0.4) is 0 Å². The zero-order valence-corrected chi connectivity index (χ0v) is 25.8. The number of halogens is 1. The van der Waals surface area contributed by atoms with Gasteiger partial charge in [-0.15, -0.1) is 0 Å². The summed E-state index contributed by atoms with van der Waals surface area (Å²) < 4.78 is 9.55. The van der Waals surface area contributed by atoms with Crippen LogP contribution in [0.25, 0.3) is 82.8 Å². The van der Waals surface area contributed by atoms with Crippen LogP contribution in [-0.2, 0) is 0 Å². The van der Waals surface area contributed by atoms with E-state index in [1.54, 1.807) is 0 Å². The second kappa shape index (κ2) is 10.4. The molecule has 9 rings (SSSR count). The van der Waals surface area contributed by atoms with E-state index in [1.807, 2.05) is 12.1 Å². The van der Waals surface area contributed by atoms with Gasteiger partial charge in [0.05, 0.1) is 16.7 Å². The van der Waals surface area contributed by atoms with Crippen molar-refractivity contribution < 1.29 is 4.42 Å². The minimum atomic E-state index is 0.908. The predicted octanol–water partition coefficient (Wildman–Crippen LogP) is 12.4. The summed E-state index contributed by atoms with van der Waals surface area (Å²) in [6, 6.07) is 56.3. The van der Waals surface area contributed by atoms with Gasteiger partial charge < -0.3 is 8.98 Å². The summed E-state index contributed by atoms with van der Waals surface area (Å²) in [5, 5.41) is 4.75. The molecule has 2 heterocycles. The van der Waals surface area contributed by atoms with Gasteiger partial charge in [-0.05, 0) is 88.5 Å². The van der Waals surface area contributed by atoms with Crippen molar-refractivity contribution in [1.29, 1.82) is 0 Å². The first kappa shape index (κ1) is 26.1. The number of para-hydroxylation sites is 3. The highest BCUT2D eigenvalue weighted by Crippen LogP contribution is 2.40. The van der Waals surface area contributed by atoms with Crippen LogP contribution in [0.2, 0.25) is 0 Å². The van der Waals surface area contributed by atoms with Crippen LogP contribution < -0.4 is 0 Å². The van der Waals surface area contributed by atoms with Crippen LogP contribution in [0, 0.1) is 0 Å². The van der Waals surface area contributed by atoms with E-state index < -0.39 is 0 Å². The summed E-state index contributed by atoms with van der Waals surface area (Å²) in [5.74, 6) is 0. The molecule has 212 valence electrons. The molecule has 0 saturated heterocycles. The highest BCUT2D eigenvalue weighted by molar-refractivity contribution is 9.10. The Morgan fingerprint density at radius 3 is 1.87 bits per heavy atom. The van der Waals surface area contributed by atoms with Crippen LogP contribution in [0.15, 0.2) is 167 Å². The molecule has 2 nitrogen and oxygen atoms in total. The van der Waals surface area contributed by atoms with Gasteiger partial charge in [-0.3, -0.25) is 0 Å². The first-order valence-corrected chi connectivity index (χ1v) is 15.9. The van der Waals surface area contributed by atoms with E-state index in [1.165, 1.54) is 49.7 Å². The fraction of sp³-hybridized carbons (Fsp3) is 0. The quantitative estimate of drug-likeness (QED) is 0.187. The largest absolute Gasteiger partial charge is 0.456 e. The van der Waals surface area contributed by atoms with E-state index in [9.17, 15) is 0 Å². The molecule has 0 fully saturated rings. The summed E-state index contributed by atoms with van der Waals surface area (Å²) in [4.78, 5) is 0. The Bertz CT molecular complexity index is 2560. The van der Waals surface area contributed by atoms with Crippen LogP contribution in [-0.4, -0.2) is 4.57 Å². The van der Waals surface area contributed by atoms with Crippen LogP contribution in [0.1, 0.15) is 0 Å². The minimum Gasteiger partial charge on any atom is -0.456 e. The lowest BCUT2D eigenvalue weighted by Gasteiger charge is -2.14. The van der Waals surface area contributed by atoms with Gasteiger partial charge in [0, 0.05) is 31.6 Å². The van der Waals surface area contributed by atoms with Gasteiger partial charge >= 0.3 is 0 Å². The Morgan fingerprint density at radius 2 is 1.02 bits per heavy atom. The molecular weight excluding hydrogens is 614 g/mol. The van der Waals surface area contributed by atoms with Gasteiger partial charge in [-0.25, -0.2) is 0 Å². The molecule has 3 heteroatoms. The zero-order chi connectivity index (χ0) is 29.9. The Labute approximate surface area is 268 Å². The average Bonchev–Trinajstić information content (AvgIpc) is 3.63. The Hall–Kier alpha value is -5.38. The van der Waals surface area contributed by atoms with Crippen molar-refractivity contribution in [3.63, 3.8) is 0 Å². The van der Waals surface area contributed by atoms with E-state index in [2.05, 4.69) is 166 Å². The molecule has 0 radical (unpaired) electrons. The fourth-order valence-electron chi connectivity index (χ4n) is 6.77. The summed E-state index contributed by atoms with van der Waals surface area (Å²) in [6.45, 7) is 0. The third kappa shape index (κ3) is 4.31. The van der Waals surface area contributed by atoms with Crippen molar-refractivity contribution in [3.8, 4) is 39.1 Å². The molecule has 0 aliphatic rings. The topological polar surface area (TPSA) is 18.1 Å². The van der Waals surface area contributed by atoms with E-state index in [0.717, 1.165) is 37.5 Å². The number of hydrogen-bond donors (Lipinski definition) is 0. The van der Waals surface area contributed by atoms with E-state index in [0.29, 0.717) is 0 Å². The number of hydrogen-bond acceptors (Lipinski definition) is 1. The van der Waals surface area contributed by atoms with Gasteiger partial charge in [0.2, 0.25) is 0 Å². The number of fused-ring (bicyclic) bond motifs is 6. The van der Waals surface area contributed by atoms with Crippen molar-refractivity contribution in [1.82, 2.24) is 4.57 Å². The molecule has 0 spiro atoms. The van der Waals surface area contributed by atoms with Crippen LogP contribution >= 0.6 is 15.9 Å². The lowest BCUT2D eigenvalue weighted by Crippen LogP contribution is -1.97. The third-order valence-electron chi connectivity index (χ3n) is 8.84. The highest BCUT2D eigenvalue weighted by Gasteiger charge is 2.17. The van der Waals surface area contributed by atoms with E-state index >= 15 is 0 Å². The van der Waals surface area contributed by atoms with Crippen molar-refractivity contribution in [3.05, 3.63) is 162 Å². The lowest BCUT2D eigenvalue weighted by atomic mass is 9.97. The second-order valence-corrected chi connectivity index (χ2v) is 12.4. The monoisotopic (exact) mass is 639 g/mol. The van der Waals surface area contributed by atoms with Gasteiger partial charge in [0.15, 0.2) is 0 Å². The summed E-state index contributed by atoms with van der Waals surface area (Å²) in [5.41, 5.74) is 12.5. The Morgan fingerprint density at radius 1 is 0.400 bits per heavy atom. The molecule has 9 aromatic rings. The Kier molecular flexibility index (Phi) is 6.00. The fourth-order valence-corrected chi connectivity index (χ4v) is 7.26. The first-order valence-electron chi connectivity index (χ1n) is 15.1. The lowest BCUT2D eigenvalue weighted by molar-refractivity contribution is 0.669. The summed E-state index contributed by atoms with van der Waals surface area (Å²) >= 11 is 3.82.